The fraction of sp³-hybridized carbons (Fsp3) is 0.857. The number of Topliss-reactive ketones (excluding diaryl/α,β-unsaturated/α-hetero) is 1. The van der Waals surface area contributed by atoms with Gasteiger partial charge in [-0.05, 0) is 19.3 Å². The van der Waals surface area contributed by atoms with E-state index in [2.05, 4.69) is 4.90 Å². The van der Waals surface area contributed by atoms with E-state index in [1.54, 1.807) is 0 Å². The largest absolute Gasteiger partial charge is 0.337 e. The molecule has 4 nitrogen and oxygen atoms in total. The zero-order valence-corrected chi connectivity index (χ0v) is 10.9. The van der Waals surface area contributed by atoms with Gasteiger partial charge in [0.05, 0.1) is 6.04 Å². The normalized spacial score (nSPS) is 34.6. The van der Waals surface area contributed by atoms with Crippen molar-refractivity contribution < 1.29 is 9.59 Å². The Bertz CT molecular complexity index is 356. The maximum Gasteiger partial charge on any atom is 0.222 e. The number of amides is 1. The van der Waals surface area contributed by atoms with E-state index in [0.717, 1.165) is 45.3 Å². The Morgan fingerprint density at radius 3 is 2.72 bits per heavy atom. The summed E-state index contributed by atoms with van der Waals surface area (Å²) in [5.41, 5.74) is 0. The van der Waals surface area contributed by atoms with Crippen LogP contribution in [0, 0.1) is 0 Å². The quantitative estimate of drug-likeness (QED) is 0.656. The molecule has 0 radical (unpaired) electrons. The van der Waals surface area contributed by atoms with Crippen molar-refractivity contribution in [2.45, 2.75) is 57.0 Å². The van der Waals surface area contributed by atoms with Crippen LogP contribution in [-0.2, 0) is 9.59 Å². The monoisotopic (exact) mass is 250 g/mol. The van der Waals surface area contributed by atoms with E-state index in [-0.39, 0.29) is 6.04 Å². The lowest BCUT2D eigenvalue weighted by Gasteiger charge is -2.40. The van der Waals surface area contributed by atoms with Crippen LogP contribution in [0.3, 0.4) is 0 Å². The molecular formula is C14H22N2O2. The first-order valence-electron chi connectivity index (χ1n) is 7.32. The van der Waals surface area contributed by atoms with Crippen LogP contribution in [0.25, 0.3) is 0 Å². The summed E-state index contributed by atoms with van der Waals surface area (Å²) in [5.74, 6) is 0.747. The summed E-state index contributed by atoms with van der Waals surface area (Å²) in [7, 11) is 0. The fourth-order valence-electron chi connectivity index (χ4n) is 3.70. The van der Waals surface area contributed by atoms with Crippen molar-refractivity contribution in [2.24, 2.45) is 0 Å². The number of rotatable bonds is 1. The van der Waals surface area contributed by atoms with Gasteiger partial charge in [-0.15, -0.1) is 0 Å². The van der Waals surface area contributed by atoms with Gasteiger partial charge in [0.25, 0.3) is 0 Å². The maximum absolute atomic E-state index is 12.1. The van der Waals surface area contributed by atoms with Gasteiger partial charge in [0.2, 0.25) is 5.91 Å². The number of carbonyl (C=O) groups is 2. The highest BCUT2D eigenvalue weighted by atomic mass is 16.2. The Kier molecular flexibility index (Phi) is 3.37. The second kappa shape index (κ2) is 5.00. The van der Waals surface area contributed by atoms with Crippen LogP contribution in [0.1, 0.15) is 44.9 Å². The van der Waals surface area contributed by atoms with Gasteiger partial charge in [0.15, 0.2) is 0 Å². The number of carbonyl (C=O) groups excluding carboxylic acids is 2. The maximum atomic E-state index is 12.1. The van der Waals surface area contributed by atoms with Crippen molar-refractivity contribution >= 4 is 11.7 Å². The summed E-state index contributed by atoms with van der Waals surface area (Å²) in [4.78, 5) is 28.2. The summed E-state index contributed by atoms with van der Waals surface area (Å²) in [6.45, 7) is 2.63. The van der Waals surface area contributed by atoms with Gasteiger partial charge in [0, 0.05) is 38.5 Å². The van der Waals surface area contributed by atoms with Crippen molar-refractivity contribution in [3.05, 3.63) is 0 Å². The van der Waals surface area contributed by atoms with Gasteiger partial charge in [-0.25, -0.2) is 0 Å². The molecule has 18 heavy (non-hydrogen) atoms. The van der Waals surface area contributed by atoms with E-state index in [9.17, 15) is 9.59 Å². The van der Waals surface area contributed by atoms with Crippen LogP contribution in [0.5, 0.6) is 0 Å². The molecule has 0 spiro atoms. The van der Waals surface area contributed by atoms with Crippen molar-refractivity contribution in [2.75, 3.05) is 19.6 Å². The molecule has 2 aliphatic heterocycles. The Morgan fingerprint density at radius 1 is 0.944 bits per heavy atom. The molecule has 3 rings (SSSR count). The zero-order valence-electron chi connectivity index (χ0n) is 10.9. The highest BCUT2D eigenvalue weighted by molar-refractivity contribution is 5.84. The number of hydrogen-bond acceptors (Lipinski definition) is 3. The summed E-state index contributed by atoms with van der Waals surface area (Å²) >= 11 is 0. The van der Waals surface area contributed by atoms with Gasteiger partial charge in [-0.3, -0.25) is 14.5 Å². The molecule has 0 bridgehead atoms. The molecule has 3 aliphatic rings. The molecule has 0 aromatic carbocycles. The molecule has 2 saturated heterocycles. The number of ketones is 1. The van der Waals surface area contributed by atoms with E-state index >= 15 is 0 Å². The molecule has 0 N–H and O–H groups in total. The predicted molar refractivity (Wildman–Crippen MR) is 68.2 cm³/mol. The van der Waals surface area contributed by atoms with E-state index in [0.29, 0.717) is 24.2 Å². The van der Waals surface area contributed by atoms with E-state index < -0.39 is 0 Å². The number of hydrogen-bond donors (Lipinski definition) is 0. The minimum Gasteiger partial charge on any atom is -0.337 e. The molecule has 3 fully saturated rings. The van der Waals surface area contributed by atoms with Crippen molar-refractivity contribution in [3.63, 3.8) is 0 Å². The van der Waals surface area contributed by atoms with Crippen LogP contribution < -0.4 is 0 Å². The van der Waals surface area contributed by atoms with Gasteiger partial charge >= 0.3 is 0 Å². The second-order valence-electron chi connectivity index (χ2n) is 5.86. The van der Waals surface area contributed by atoms with Gasteiger partial charge in [-0.1, -0.05) is 12.8 Å². The van der Waals surface area contributed by atoms with Gasteiger partial charge in [0.1, 0.15) is 5.78 Å². The van der Waals surface area contributed by atoms with Crippen LogP contribution in [0.4, 0.5) is 0 Å². The molecule has 1 saturated carbocycles. The van der Waals surface area contributed by atoms with Crippen molar-refractivity contribution in [3.8, 4) is 0 Å². The first-order chi connectivity index (χ1) is 8.75. The van der Waals surface area contributed by atoms with Crippen molar-refractivity contribution in [1.29, 1.82) is 0 Å². The van der Waals surface area contributed by atoms with Crippen LogP contribution in [0.15, 0.2) is 0 Å². The molecule has 4 heteroatoms. The first kappa shape index (κ1) is 12.2. The lowest BCUT2D eigenvalue weighted by atomic mass is 10.0. The standard InChI is InChI=1S/C14H22N2O2/c17-13-5-3-1-2-4-12(13)15-8-9-16-11(10-15)6-7-14(16)18/h11-12H,1-10H2. The summed E-state index contributed by atoms with van der Waals surface area (Å²) in [6.07, 6.45) is 6.92. The second-order valence-corrected chi connectivity index (χ2v) is 5.86. The number of nitrogens with zero attached hydrogens (tertiary/aromatic N) is 2. The lowest BCUT2D eigenvalue weighted by Crippen LogP contribution is -2.56. The van der Waals surface area contributed by atoms with Crippen LogP contribution >= 0.6 is 0 Å². The number of piperazine rings is 1. The van der Waals surface area contributed by atoms with Crippen LogP contribution in [-0.4, -0.2) is 53.2 Å². The van der Waals surface area contributed by atoms with E-state index in [1.165, 1.54) is 12.8 Å². The fourth-order valence-corrected chi connectivity index (χ4v) is 3.70. The third kappa shape index (κ3) is 2.18. The molecule has 2 atom stereocenters. The SMILES string of the molecule is O=C1CCCCCC1N1CCN2C(=O)CCC2C1. The highest BCUT2D eigenvalue weighted by Crippen LogP contribution is 2.27. The third-order valence-electron chi connectivity index (χ3n) is 4.74. The third-order valence-corrected chi connectivity index (χ3v) is 4.74. The minimum atomic E-state index is 0.144. The molecule has 2 unspecified atom stereocenters. The Hall–Kier alpha value is -0.900. The summed E-state index contributed by atoms with van der Waals surface area (Å²) in [6, 6.07) is 0.521. The van der Waals surface area contributed by atoms with Crippen molar-refractivity contribution in [1.82, 2.24) is 9.80 Å². The molecular weight excluding hydrogens is 228 g/mol. The average molecular weight is 250 g/mol. The molecule has 100 valence electrons. The van der Waals surface area contributed by atoms with Gasteiger partial charge in [-0.2, -0.15) is 0 Å². The van der Waals surface area contributed by atoms with Gasteiger partial charge < -0.3 is 4.90 Å². The molecule has 1 aliphatic carbocycles. The summed E-state index contributed by atoms with van der Waals surface area (Å²) in [5, 5.41) is 0. The smallest absolute Gasteiger partial charge is 0.222 e. The first-order valence-corrected chi connectivity index (χ1v) is 7.32. The average Bonchev–Trinajstić information content (AvgIpc) is 2.61. The topological polar surface area (TPSA) is 40.6 Å². The molecule has 0 aromatic rings. The van der Waals surface area contributed by atoms with E-state index in [4.69, 9.17) is 0 Å². The molecule has 1 amide bonds. The van der Waals surface area contributed by atoms with E-state index in [1.807, 2.05) is 4.90 Å². The molecule has 2 heterocycles. The summed E-state index contributed by atoms with van der Waals surface area (Å²) < 4.78 is 0. The zero-order chi connectivity index (χ0) is 12.5. The minimum absolute atomic E-state index is 0.144. The number of fused-ring (bicyclic) bond motifs is 1. The predicted octanol–water partition coefficient (Wildman–Crippen LogP) is 1.19. The Labute approximate surface area is 108 Å². The lowest BCUT2D eigenvalue weighted by molar-refractivity contribution is -0.132. The van der Waals surface area contributed by atoms with Crippen LogP contribution in [0.2, 0.25) is 0 Å². The Morgan fingerprint density at radius 2 is 1.83 bits per heavy atom. The molecule has 0 aromatic heterocycles. The highest BCUT2D eigenvalue weighted by Gasteiger charge is 2.38. The Balaban J connectivity index is 1.66.